The molecular weight excluding hydrogens is 168 g/mol. The summed E-state index contributed by atoms with van der Waals surface area (Å²) in [5.74, 6) is 0.676. The molecule has 0 heterocycles. The van der Waals surface area contributed by atoms with Crippen LogP contribution in [0.25, 0.3) is 0 Å². The van der Waals surface area contributed by atoms with E-state index in [1.165, 1.54) is 6.92 Å². The number of nitrogens with one attached hydrogen (secondary N) is 2. The fraction of sp³-hybridized carbons (Fsp3) is 0.750. The SMILES string of the molecule is CN=C(NC(C)NC(C)=O)N(C)C. The minimum absolute atomic E-state index is 0.0609. The van der Waals surface area contributed by atoms with Gasteiger partial charge in [-0.05, 0) is 6.92 Å². The number of amides is 1. The lowest BCUT2D eigenvalue weighted by Crippen LogP contribution is -2.49. The number of hydrogen-bond donors (Lipinski definition) is 2. The van der Waals surface area contributed by atoms with Crippen LogP contribution in [-0.2, 0) is 4.79 Å². The van der Waals surface area contributed by atoms with Crippen molar-refractivity contribution in [3.8, 4) is 0 Å². The molecule has 0 aromatic rings. The van der Waals surface area contributed by atoms with Gasteiger partial charge in [0, 0.05) is 28.1 Å². The van der Waals surface area contributed by atoms with Crippen molar-refractivity contribution in [1.82, 2.24) is 15.5 Å². The molecule has 13 heavy (non-hydrogen) atoms. The number of guanidine groups is 1. The van der Waals surface area contributed by atoms with E-state index in [1.54, 1.807) is 7.05 Å². The summed E-state index contributed by atoms with van der Waals surface area (Å²) in [6.07, 6.45) is -0.112. The van der Waals surface area contributed by atoms with E-state index < -0.39 is 0 Å². The van der Waals surface area contributed by atoms with Crippen LogP contribution in [0.15, 0.2) is 4.99 Å². The quantitative estimate of drug-likeness (QED) is 0.351. The molecule has 76 valence electrons. The van der Waals surface area contributed by atoms with Gasteiger partial charge in [0.2, 0.25) is 5.91 Å². The monoisotopic (exact) mass is 186 g/mol. The van der Waals surface area contributed by atoms with Crippen LogP contribution < -0.4 is 10.6 Å². The maximum Gasteiger partial charge on any atom is 0.218 e. The van der Waals surface area contributed by atoms with E-state index in [0.717, 1.165) is 5.96 Å². The van der Waals surface area contributed by atoms with Crippen LogP contribution in [0.1, 0.15) is 13.8 Å². The van der Waals surface area contributed by atoms with E-state index in [0.29, 0.717) is 0 Å². The number of hydrogen-bond acceptors (Lipinski definition) is 2. The van der Waals surface area contributed by atoms with Crippen molar-refractivity contribution in [3.05, 3.63) is 0 Å². The van der Waals surface area contributed by atoms with Gasteiger partial charge in [0.15, 0.2) is 5.96 Å². The number of carbonyl (C=O) groups is 1. The van der Waals surface area contributed by atoms with Crippen LogP contribution in [0.4, 0.5) is 0 Å². The second-order valence-electron chi connectivity index (χ2n) is 3.01. The predicted molar refractivity (Wildman–Crippen MR) is 53.5 cm³/mol. The summed E-state index contributed by atoms with van der Waals surface area (Å²) < 4.78 is 0. The fourth-order valence-electron chi connectivity index (χ4n) is 0.928. The first-order chi connectivity index (χ1) is 5.97. The zero-order valence-corrected chi connectivity index (χ0v) is 8.88. The Morgan fingerprint density at radius 1 is 1.38 bits per heavy atom. The van der Waals surface area contributed by atoms with Gasteiger partial charge in [0.1, 0.15) is 0 Å². The number of nitrogens with zero attached hydrogens (tertiary/aromatic N) is 2. The van der Waals surface area contributed by atoms with Gasteiger partial charge < -0.3 is 15.5 Å². The minimum atomic E-state index is -0.112. The standard InChI is InChI=1S/C8H18N4O/c1-6(10-7(2)13)11-8(9-3)12(4)5/h6H,1-5H3,(H,9,11)(H,10,13). The molecule has 1 amide bonds. The highest BCUT2D eigenvalue weighted by Crippen LogP contribution is 1.82. The molecule has 5 nitrogen and oxygen atoms in total. The molecule has 0 aromatic heterocycles. The van der Waals surface area contributed by atoms with Gasteiger partial charge in [0.05, 0.1) is 6.17 Å². The van der Waals surface area contributed by atoms with Crippen molar-refractivity contribution in [2.45, 2.75) is 20.0 Å². The molecule has 0 aliphatic carbocycles. The Morgan fingerprint density at radius 2 is 1.92 bits per heavy atom. The zero-order valence-electron chi connectivity index (χ0n) is 8.88. The molecule has 1 atom stereocenters. The van der Waals surface area contributed by atoms with Gasteiger partial charge in [-0.25, -0.2) is 0 Å². The summed E-state index contributed by atoms with van der Waals surface area (Å²) in [4.78, 5) is 16.5. The van der Waals surface area contributed by atoms with Gasteiger partial charge in [-0.15, -0.1) is 0 Å². The largest absolute Gasteiger partial charge is 0.349 e. The summed E-state index contributed by atoms with van der Waals surface area (Å²) in [6, 6.07) is 0. The highest BCUT2D eigenvalue weighted by molar-refractivity contribution is 5.80. The second-order valence-corrected chi connectivity index (χ2v) is 3.01. The van der Waals surface area contributed by atoms with Crippen LogP contribution in [-0.4, -0.2) is 44.1 Å². The molecule has 0 rings (SSSR count). The Labute approximate surface area is 79.2 Å². The molecular formula is C8H18N4O. The Bertz CT molecular complexity index is 200. The van der Waals surface area contributed by atoms with E-state index >= 15 is 0 Å². The molecule has 5 heteroatoms. The second kappa shape index (κ2) is 5.40. The summed E-state index contributed by atoms with van der Waals surface area (Å²) in [7, 11) is 5.47. The highest BCUT2D eigenvalue weighted by atomic mass is 16.1. The number of rotatable bonds is 2. The van der Waals surface area contributed by atoms with Crippen molar-refractivity contribution in [2.75, 3.05) is 21.1 Å². The molecule has 0 aliphatic rings. The van der Waals surface area contributed by atoms with Crippen molar-refractivity contribution in [3.63, 3.8) is 0 Å². The van der Waals surface area contributed by atoms with Crippen molar-refractivity contribution in [1.29, 1.82) is 0 Å². The van der Waals surface area contributed by atoms with Gasteiger partial charge >= 0.3 is 0 Å². The summed E-state index contributed by atoms with van der Waals surface area (Å²) in [6.45, 7) is 3.34. The van der Waals surface area contributed by atoms with E-state index in [2.05, 4.69) is 15.6 Å². The van der Waals surface area contributed by atoms with Crippen LogP contribution in [0.2, 0.25) is 0 Å². The molecule has 0 bridgehead atoms. The first-order valence-corrected chi connectivity index (χ1v) is 4.15. The Hall–Kier alpha value is -1.26. The topological polar surface area (TPSA) is 56.7 Å². The van der Waals surface area contributed by atoms with Gasteiger partial charge in [0.25, 0.3) is 0 Å². The van der Waals surface area contributed by atoms with Crippen LogP contribution in [0.3, 0.4) is 0 Å². The maximum atomic E-state index is 10.7. The molecule has 0 saturated carbocycles. The fourth-order valence-corrected chi connectivity index (χ4v) is 0.928. The van der Waals surface area contributed by atoms with E-state index in [1.807, 2.05) is 25.9 Å². The molecule has 0 aromatic carbocycles. The molecule has 0 aliphatic heterocycles. The van der Waals surface area contributed by atoms with Crippen molar-refractivity contribution >= 4 is 11.9 Å². The van der Waals surface area contributed by atoms with Crippen molar-refractivity contribution < 1.29 is 4.79 Å². The minimum Gasteiger partial charge on any atom is -0.349 e. The van der Waals surface area contributed by atoms with Gasteiger partial charge in [-0.2, -0.15) is 0 Å². The Balaban J connectivity index is 4.02. The zero-order chi connectivity index (χ0) is 10.4. The smallest absolute Gasteiger partial charge is 0.218 e. The van der Waals surface area contributed by atoms with Crippen molar-refractivity contribution in [2.24, 2.45) is 4.99 Å². The normalized spacial score (nSPS) is 13.5. The lowest BCUT2D eigenvalue weighted by atomic mass is 10.5. The van der Waals surface area contributed by atoms with E-state index in [4.69, 9.17) is 0 Å². The number of carbonyl (C=O) groups excluding carboxylic acids is 1. The molecule has 0 spiro atoms. The molecule has 1 unspecified atom stereocenters. The maximum absolute atomic E-state index is 10.7. The van der Waals surface area contributed by atoms with Crippen LogP contribution in [0, 0.1) is 0 Å². The highest BCUT2D eigenvalue weighted by Gasteiger charge is 2.06. The van der Waals surface area contributed by atoms with Crippen LogP contribution in [0.5, 0.6) is 0 Å². The average Bonchev–Trinajstić information content (AvgIpc) is 1.98. The van der Waals surface area contributed by atoms with Gasteiger partial charge in [-0.3, -0.25) is 9.79 Å². The molecule has 2 N–H and O–H groups in total. The molecule has 0 fully saturated rings. The third-order valence-electron chi connectivity index (χ3n) is 1.40. The first kappa shape index (κ1) is 11.7. The Morgan fingerprint density at radius 3 is 2.23 bits per heavy atom. The summed E-state index contributed by atoms with van der Waals surface area (Å²) in [5.41, 5.74) is 0. The third kappa shape index (κ3) is 5.05. The van der Waals surface area contributed by atoms with E-state index in [9.17, 15) is 4.79 Å². The molecule has 0 saturated heterocycles. The molecule has 0 radical (unpaired) electrons. The average molecular weight is 186 g/mol. The Kier molecular flexibility index (Phi) is 4.87. The van der Waals surface area contributed by atoms with Crippen LogP contribution >= 0.6 is 0 Å². The third-order valence-corrected chi connectivity index (χ3v) is 1.40. The van der Waals surface area contributed by atoms with E-state index in [-0.39, 0.29) is 12.1 Å². The van der Waals surface area contributed by atoms with Gasteiger partial charge in [-0.1, -0.05) is 0 Å². The first-order valence-electron chi connectivity index (χ1n) is 4.15. The summed E-state index contributed by atoms with van der Waals surface area (Å²) >= 11 is 0. The predicted octanol–water partition coefficient (Wildman–Crippen LogP) is -0.394. The lowest BCUT2D eigenvalue weighted by Gasteiger charge is -2.21. The summed E-state index contributed by atoms with van der Waals surface area (Å²) in [5, 5.41) is 5.75. The number of aliphatic imine (C=N–C) groups is 1. The lowest BCUT2D eigenvalue weighted by molar-refractivity contribution is -0.119.